The van der Waals surface area contributed by atoms with E-state index in [0.717, 1.165) is 12.1 Å². The second kappa shape index (κ2) is 6.34. The lowest BCUT2D eigenvalue weighted by Crippen LogP contribution is -2.28. The van der Waals surface area contributed by atoms with Crippen molar-refractivity contribution in [1.29, 1.82) is 5.26 Å². The van der Waals surface area contributed by atoms with Crippen LogP contribution in [0.4, 0.5) is 4.39 Å². The summed E-state index contributed by atoms with van der Waals surface area (Å²) in [6, 6.07) is 3.20. The number of carbonyl (C=O) groups is 1. The van der Waals surface area contributed by atoms with Gasteiger partial charge in [0.1, 0.15) is 0 Å². The fourth-order valence-corrected chi connectivity index (χ4v) is 2.56. The molecule has 23 heavy (non-hydrogen) atoms. The van der Waals surface area contributed by atoms with Crippen molar-refractivity contribution >= 4 is 11.6 Å². The number of imidazole rings is 1. The SMILES string of the molecule is CC(C#N)CNC(=O)c1cc(F)c2nc(C3CCOC3)cn2c1. The lowest BCUT2D eigenvalue weighted by Gasteiger charge is -2.07. The number of nitrogens with zero attached hydrogens (tertiary/aromatic N) is 3. The summed E-state index contributed by atoms with van der Waals surface area (Å²) in [7, 11) is 0. The van der Waals surface area contributed by atoms with Crippen LogP contribution in [0, 0.1) is 23.1 Å². The van der Waals surface area contributed by atoms with E-state index in [9.17, 15) is 9.18 Å². The van der Waals surface area contributed by atoms with E-state index in [0.29, 0.717) is 13.2 Å². The third kappa shape index (κ3) is 3.17. The van der Waals surface area contributed by atoms with Gasteiger partial charge in [0.25, 0.3) is 5.91 Å². The summed E-state index contributed by atoms with van der Waals surface area (Å²) in [5.41, 5.74) is 1.18. The topological polar surface area (TPSA) is 79.4 Å². The van der Waals surface area contributed by atoms with Crippen LogP contribution >= 0.6 is 0 Å². The minimum Gasteiger partial charge on any atom is -0.381 e. The van der Waals surface area contributed by atoms with Crippen molar-refractivity contribution in [3.8, 4) is 6.07 Å². The first-order valence-corrected chi connectivity index (χ1v) is 7.52. The average Bonchev–Trinajstić information content (AvgIpc) is 3.20. The number of pyridine rings is 1. The monoisotopic (exact) mass is 316 g/mol. The summed E-state index contributed by atoms with van der Waals surface area (Å²) in [5.74, 6) is -1.08. The van der Waals surface area contributed by atoms with E-state index < -0.39 is 11.7 Å². The molecule has 1 saturated heterocycles. The van der Waals surface area contributed by atoms with E-state index in [1.165, 1.54) is 10.5 Å². The second-order valence-electron chi connectivity index (χ2n) is 5.77. The molecule has 1 fully saturated rings. The molecule has 120 valence electrons. The molecular formula is C16H17FN4O2. The molecule has 7 heteroatoms. The smallest absolute Gasteiger partial charge is 0.252 e. The normalized spacial score (nSPS) is 18.7. The molecule has 2 aromatic heterocycles. The lowest BCUT2D eigenvalue weighted by molar-refractivity contribution is 0.0950. The largest absolute Gasteiger partial charge is 0.381 e. The molecular weight excluding hydrogens is 299 g/mol. The molecule has 0 aliphatic carbocycles. The van der Waals surface area contributed by atoms with Crippen molar-refractivity contribution < 1.29 is 13.9 Å². The average molecular weight is 316 g/mol. The molecule has 2 unspecified atom stereocenters. The Morgan fingerprint density at radius 2 is 2.48 bits per heavy atom. The molecule has 2 atom stereocenters. The first-order chi connectivity index (χ1) is 11.1. The maximum atomic E-state index is 14.2. The first kappa shape index (κ1) is 15.4. The molecule has 1 aliphatic rings. The fourth-order valence-electron chi connectivity index (χ4n) is 2.56. The zero-order chi connectivity index (χ0) is 16.4. The Labute approximate surface area is 132 Å². The number of nitriles is 1. The highest BCUT2D eigenvalue weighted by molar-refractivity contribution is 5.94. The molecule has 0 saturated carbocycles. The van der Waals surface area contributed by atoms with Crippen molar-refractivity contribution in [3.05, 3.63) is 35.5 Å². The van der Waals surface area contributed by atoms with E-state index in [1.54, 1.807) is 19.3 Å². The van der Waals surface area contributed by atoms with E-state index in [-0.39, 0.29) is 29.6 Å². The van der Waals surface area contributed by atoms with E-state index in [4.69, 9.17) is 10.00 Å². The number of rotatable bonds is 4. The molecule has 0 bridgehead atoms. The van der Waals surface area contributed by atoms with E-state index in [2.05, 4.69) is 10.3 Å². The quantitative estimate of drug-likeness (QED) is 0.934. The molecule has 3 rings (SSSR count). The van der Waals surface area contributed by atoms with Gasteiger partial charge in [0.2, 0.25) is 0 Å². The molecule has 0 aromatic carbocycles. The van der Waals surface area contributed by atoms with Gasteiger partial charge in [0, 0.05) is 31.5 Å². The fraction of sp³-hybridized carbons (Fsp3) is 0.438. The number of amides is 1. The zero-order valence-corrected chi connectivity index (χ0v) is 12.8. The van der Waals surface area contributed by atoms with Gasteiger partial charge >= 0.3 is 0 Å². The molecule has 0 spiro atoms. The van der Waals surface area contributed by atoms with Gasteiger partial charge in [-0.15, -0.1) is 0 Å². The Kier molecular flexibility index (Phi) is 4.26. The number of carbonyl (C=O) groups excluding carboxylic acids is 1. The van der Waals surface area contributed by atoms with Crippen LogP contribution in [-0.2, 0) is 4.74 Å². The van der Waals surface area contributed by atoms with Crippen molar-refractivity contribution in [3.63, 3.8) is 0 Å². The third-order valence-electron chi connectivity index (χ3n) is 3.92. The van der Waals surface area contributed by atoms with Gasteiger partial charge in [-0.25, -0.2) is 9.37 Å². The molecule has 3 heterocycles. The van der Waals surface area contributed by atoms with Gasteiger partial charge in [-0.1, -0.05) is 0 Å². The summed E-state index contributed by atoms with van der Waals surface area (Å²) in [6.45, 7) is 3.20. The van der Waals surface area contributed by atoms with E-state index >= 15 is 0 Å². The summed E-state index contributed by atoms with van der Waals surface area (Å²) in [5, 5.41) is 11.3. The Morgan fingerprint density at radius 3 is 3.17 bits per heavy atom. The van der Waals surface area contributed by atoms with Gasteiger partial charge in [-0.3, -0.25) is 4.79 Å². The molecule has 1 amide bonds. The van der Waals surface area contributed by atoms with Crippen LogP contribution in [0.1, 0.15) is 35.3 Å². The van der Waals surface area contributed by atoms with Gasteiger partial charge in [-0.05, 0) is 19.4 Å². The Hall–Kier alpha value is -2.46. The van der Waals surface area contributed by atoms with Crippen LogP contribution in [0.5, 0.6) is 0 Å². The number of hydrogen-bond donors (Lipinski definition) is 1. The summed E-state index contributed by atoms with van der Waals surface area (Å²) < 4.78 is 21.1. The van der Waals surface area contributed by atoms with Gasteiger partial charge in [0.05, 0.1) is 29.9 Å². The second-order valence-corrected chi connectivity index (χ2v) is 5.77. The lowest BCUT2D eigenvalue weighted by atomic mass is 10.1. The van der Waals surface area contributed by atoms with Crippen molar-refractivity contribution in [2.75, 3.05) is 19.8 Å². The predicted molar refractivity (Wildman–Crippen MR) is 80.4 cm³/mol. The molecule has 6 nitrogen and oxygen atoms in total. The number of fused-ring (bicyclic) bond motifs is 1. The Morgan fingerprint density at radius 1 is 1.65 bits per heavy atom. The predicted octanol–water partition coefficient (Wildman–Crippen LogP) is 1.87. The number of aromatic nitrogens is 2. The maximum Gasteiger partial charge on any atom is 0.252 e. The summed E-state index contributed by atoms with van der Waals surface area (Å²) >= 11 is 0. The highest BCUT2D eigenvalue weighted by atomic mass is 19.1. The van der Waals surface area contributed by atoms with Crippen molar-refractivity contribution in [2.45, 2.75) is 19.3 Å². The van der Waals surface area contributed by atoms with Crippen LogP contribution in [0.2, 0.25) is 0 Å². The number of ether oxygens (including phenoxy) is 1. The standard InChI is InChI=1S/C16H17FN4O2/c1-10(5-18)6-19-16(22)12-4-13(17)15-20-14(8-21(15)7-12)11-2-3-23-9-11/h4,7-8,10-11H,2-3,6,9H2,1H3,(H,19,22). The maximum absolute atomic E-state index is 14.2. The Bertz CT molecular complexity index is 774. The third-order valence-corrected chi connectivity index (χ3v) is 3.92. The van der Waals surface area contributed by atoms with E-state index in [1.807, 2.05) is 6.07 Å². The van der Waals surface area contributed by atoms with Crippen LogP contribution in [0.25, 0.3) is 5.65 Å². The van der Waals surface area contributed by atoms with Crippen LogP contribution in [0.3, 0.4) is 0 Å². The minimum atomic E-state index is -0.545. The summed E-state index contributed by atoms with van der Waals surface area (Å²) in [6.07, 6.45) is 4.16. The van der Waals surface area contributed by atoms with Gasteiger partial charge in [-0.2, -0.15) is 5.26 Å². The highest BCUT2D eigenvalue weighted by Gasteiger charge is 2.22. The van der Waals surface area contributed by atoms with Crippen LogP contribution in [0.15, 0.2) is 18.5 Å². The number of halogens is 1. The van der Waals surface area contributed by atoms with Crippen molar-refractivity contribution in [2.24, 2.45) is 5.92 Å². The first-order valence-electron chi connectivity index (χ1n) is 7.52. The number of hydrogen-bond acceptors (Lipinski definition) is 4. The molecule has 1 N–H and O–H groups in total. The van der Waals surface area contributed by atoms with Crippen LogP contribution < -0.4 is 5.32 Å². The van der Waals surface area contributed by atoms with Gasteiger partial charge < -0.3 is 14.5 Å². The molecule has 2 aromatic rings. The summed E-state index contributed by atoms with van der Waals surface area (Å²) in [4.78, 5) is 16.4. The van der Waals surface area contributed by atoms with Gasteiger partial charge in [0.15, 0.2) is 11.5 Å². The number of nitrogens with one attached hydrogen (secondary N) is 1. The molecule has 1 aliphatic heterocycles. The zero-order valence-electron chi connectivity index (χ0n) is 12.8. The molecule has 0 radical (unpaired) electrons. The highest BCUT2D eigenvalue weighted by Crippen LogP contribution is 2.25. The minimum absolute atomic E-state index is 0.169. The van der Waals surface area contributed by atoms with Crippen molar-refractivity contribution in [1.82, 2.24) is 14.7 Å². The van der Waals surface area contributed by atoms with Crippen LogP contribution in [-0.4, -0.2) is 35.1 Å². The Balaban J connectivity index is 1.85.